The number of cyclic esters (lactones) is 1. The maximum atomic E-state index is 14.3. The van der Waals surface area contributed by atoms with Crippen LogP contribution in [0, 0.1) is 11.8 Å². The molecule has 1 aromatic carbocycles. The number of unbranched alkanes of at least 4 members (excludes halogenated alkanes) is 1. The minimum absolute atomic E-state index is 0.0480. The predicted octanol–water partition coefficient (Wildman–Crippen LogP) is 1.99. The molecule has 5 rings (SSSR count). The molecular weight excluding hydrogens is 538 g/mol. The van der Waals surface area contributed by atoms with E-state index < -0.39 is 41.7 Å². The van der Waals surface area contributed by atoms with E-state index in [-0.39, 0.29) is 50.4 Å². The van der Waals surface area contributed by atoms with Crippen LogP contribution in [-0.2, 0) is 28.7 Å². The highest BCUT2D eigenvalue weighted by molar-refractivity contribution is 6.34. The lowest BCUT2D eigenvalue weighted by atomic mass is 9.78. The van der Waals surface area contributed by atoms with Gasteiger partial charge in [-0.05, 0) is 38.3 Å². The number of para-hydroxylation sites is 1. The Balaban J connectivity index is 1.58. The van der Waals surface area contributed by atoms with Crippen molar-refractivity contribution >= 4 is 41.0 Å². The maximum absolute atomic E-state index is 14.3. The Morgan fingerprint density at radius 3 is 2.70 bits per heavy atom. The zero-order valence-corrected chi connectivity index (χ0v) is 23.1. The van der Waals surface area contributed by atoms with Gasteiger partial charge in [0.25, 0.3) is 5.91 Å². The van der Waals surface area contributed by atoms with Crippen molar-refractivity contribution in [1.29, 1.82) is 0 Å². The van der Waals surface area contributed by atoms with E-state index in [0.29, 0.717) is 30.0 Å². The third kappa shape index (κ3) is 5.04. The van der Waals surface area contributed by atoms with Crippen LogP contribution in [0.1, 0.15) is 32.6 Å². The topological polar surface area (TPSA) is 125 Å². The fourth-order valence-electron chi connectivity index (χ4n) is 6.18. The van der Waals surface area contributed by atoms with Gasteiger partial charge in [0.1, 0.15) is 23.7 Å². The van der Waals surface area contributed by atoms with Gasteiger partial charge in [0.15, 0.2) is 0 Å². The average Bonchev–Trinajstić information content (AvgIpc) is 3.31. The molecule has 1 spiro atoms. The predicted molar refractivity (Wildman–Crippen MR) is 146 cm³/mol. The fourth-order valence-corrected chi connectivity index (χ4v) is 6.42. The highest BCUT2D eigenvalue weighted by atomic mass is 35.5. The van der Waals surface area contributed by atoms with Gasteiger partial charge in [-0.3, -0.25) is 19.2 Å². The molecule has 4 aliphatic heterocycles. The Bertz CT molecular complexity index is 1240. The quantitative estimate of drug-likeness (QED) is 0.314. The molecule has 0 saturated carbocycles. The molecule has 1 aromatic rings. The van der Waals surface area contributed by atoms with Gasteiger partial charge >= 0.3 is 5.97 Å². The molecule has 214 valence electrons. The summed E-state index contributed by atoms with van der Waals surface area (Å²) in [7, 11) is 0. The van der Waals surface area contributed by atoms with E-state index in [0.717, 1.165) is 0 Å². The monoisotopic (exact) mass is 571 g/mol. The second-order valence-electron chi connectivity index (χ2n) is 10.6. The van der Waals surface area contributed by atoms with Crippen LogP contribution in [0.2, 0.25) is 5.02 Å². The first-order valence-corrected chi connectivity index (χ1v) is 14.1. The van der Waals surface area contributed by atoms with E-state index in [9.17, 15) is 24.3 Å². The van der Waals surface area contributed by atoms with Crippen LogP contribution < -0.4 is 10.2 Å². The van der Waals surface area contributed by atoms with Gasteiger partial charge in [0.05, 0.1) is 29.3 Å². The van der Waals surface area contributed by atoms with Crippen LogP contribution in [0.25, 0.3) is 0 Å². The minimum atomic E-state index is -1.42. The number of esters is 1. The van der Waals surface area contributed by atoms with Gasteiger partial charge in [-0.2, -0.15) is 0 Å². The molecule has 4 heterocycles. The van der Waals surface area contributed by atoms with Crippen molar-refractivity contribution < 1.29 is 33.8 Å². The number of rotatable bonds is 5. The fraction of sp³-hybridized carbons (Fsp3) is 0.517. The number of nitrogens with zero attached hydrogens (tertiary/aromatic N) is 2. The molecule has 10 nitrogen and oxygen atoms in total. The molecule has 0 radical (unpaired) electrons. The highest BCUT2D eigenvalue weighted by Crippen LogP contribution is 2.53. The Morgan fingerprint density at radius 2 is 1.93 bits per heavy atom. The Kier molecular flexibility index (Phi) is 8.30. The van der Waals surface area contributed by atoms with E-state index in [4.69, 9.17) is 21.1 Å². The van der Waals surface area contributed by atoms with Crippen LogP contribution in [-0.4, -0.2) is 83.8 Å². The van der Waals surface area contributed by atoms with Crippen molar-refractivity contribution in [3.8, 4) is 0 Å². The van der Waals surface area contributed by atoms with Crippen LogP contribution in [0.15, 0.2) is 48.6 Å². The summed E-state index contributed by atoms with van der Waals surface area (Å²) in [6.45, 7) is 2.20. The normalized spacial score (nSPS) is 33.2. The number of ether oxygens (including phenoxy) is 2. The number of likely N-dealkylation sites (tertiary alicyclic amines) is 1. The summed E-state index contributed by atoms with van der Waals surface area (Å²) in [6.07, 6.45) is 7.17. The SMILES string of the molecule is C[C@@H]1CNC(=O)CC/C=C\[C@H]2O[C@]34C=CCN(c5ccccc5Cl)C(=O)[C@H]3N(CCCCO)C(=O)[C@@H]4[C@H]2C(=O)O1. The molecule has 2 fully saturated rings. The molecule has 11 heteroatoms. The van der Waals surface area contributed by atoms with E-state index in [1.807, 2.05) is 0 Å². The van der Waals surface area contributed by atoms with Crippen LogP contribution in [0.4, 0.5) is 5.69 Å². The van der Waals surface area contributed by atoms with Crippen molar-refractivity contribution in [1.82, 2.24) is 10.2 Å². The van der Waals surface area contributed by atoms with E-state index in [1.165, 1.54) is 9.80 Å². The van der Waals surface area contributed by atoms with Crippen molar-refractivity contribution in [3.05, 3.63) is 53.6 Å². The number of halogens is 1. The Labute approximate surface area is 237 Å². The molecule has 0 aliphatic carbocycles. The number of allylic oxidation sites excluding steroid dienone is 1. The van der Waals surface area contributed by atoms with Gasteiger partial charge in [0.2, 0.25) is 11.8 Å². The third-order valence-corrected chi connectivity index (χ3v) is 8.30. The number of aliphatic hydroxyl groups excluding tert-OH is 1. The number of carbonyl (C=O) groups is 4. The molecule has 2 saturated heterocycles. The number of anilines is 1. The summed E-state index contributed by atoms with van der Waals surface area (Å²) in [4.78, 5) is 57.3. The summed E-state index contributed by atoms with van der Waals surface area (Å²) < 4.78 is 12.3. The third-order valence-electron chi connectivity index (χ3n) is 7.98. The van der Waals surface area contributed by atoms with Crippen LogP contribution >= 0.6 is 11.6 Å². The highest BCUT2D eigenvalue weighted by Gasteiger charge is 2.71. The largest absolute Gasteiger partial charge is 0.460 e. The average molecular weight is 572 g/mol. The lowest BCUT2D eigenvalue weighted by Gasteiger charge is -2.35. The number of hydrogen-bond acceptors (Lipinski definition) is 7. The van der Waals surface area contributed by atoms with Gasteiger partial charge < -0.3 is 29.7 Å². The summed E-state index contributed by atoms with van der Waals surface area (Å²) in [5.74, 6) is -3.49. The maximum Gasteiger partial charge on any atom is 0.313 e. The number of fused-ring (bicyclic) bond motifs is 2. The zero-order valence-electron chi connectivity index (χ0n) is 22.3. The molecule has 0 bridgehead atoms. The molecule has 40 heavy (non-hydrogen) atoms. The molecule has 2 N–H and O–H groups in total. The Morgan fingerprint density at radius 1 is 1.12 bits per heavy atom. The molecule has 4 aliphatic rings. The van der Waals surface area contributed by atoms with Crippen LogP contribution in [0.3, 0.4) is 0 Å². The number of carbonyl (C=O) groups excluding carboxylic acids is 4. The van der Waals surface area contributed by atoms with Crippen molar-refractivity contribution in [2.75, 3.05) is 31.1 Å². The summed E-state index contributed by atoms with van der Waals surface area (Å²) in [5, 5.41) is 12.5. The zero-order chi connectivity index (χ0) is 28.4. The summed E-state index contributed by atoms with van der Waals surface area (Å²) in [5.41, 5.74) is -0.906. The Hall–Kier alpha value is -3.21. The second kappa shape index (κ2) is 11.7. The first-order chi connectivity index (χ1) is 19.3. The second-order valence-corrected chi connectivity index (χ2v) is 11.0. The van der Waals surface area contributed by atoms with Crippen molar-refractivity contribution in [2.45, 2.75) is 56.5 Å². The molecule has 3 amide bonds. The molecular formula is C29H34ClN3O7. The first kappa shape index (κ1) is 28.3. The van der Waals surface area contributed by atoms with Gasteiger partial charge in [-0.1, -0.05) is 48.0 Å². The minimum Gasteiger partial charge on any atom is -0.460 e. The van der Waals surface area contributed by atoms with E-state index in [1.54, 1.807) is 55.5 Å². The number of nitrogens with one attached hydrogen (secondary N) is 1. The lowest BCUT2D eigenvalue weighted by molar-refractivity contribution is -0.158. The first-order valence-electron chi connectivity index (χ1n) is 13.7. The van der Waals surface area contributed by atoms with Crippen LogP contribution in [0.5, 0.6) is 0 Å². The number of benzene rings is 1. The van der Waals surface area contributed by atoms with E-state index in [2.05, 4.69) is 5.32 Å². The van der Waals surface area contributed by atoms with Gasteiger partial charge in [0, 0.05) is 26.1 Å². The number of hydrogen-bond donors (Lipinski definition) is 2. The van der Waals surface area contributed by atoms with E-state index >= 15 is 0 Å². The summed E-state index contributed by atoms with van der Waals surface area (Å²) in [6, 6.07) is 5.95. The van der Waals surface area contributed by atoms with Gasteiger partial charge in [-0.25, -0.2) is 0 Å². The lowest BCUT2D eigenvalue weighted by Crippen LogP contribution is -2.55. The number of aliphatic hydroxyl groups is 1. The molecule has 0 unspecified atom stereocenters. The van der Waals surface area contributed by atoms with Crippen molar-refractivity contribution in [2.24, 2.45) is 11.8 Å². The smallest absolute Gasteiger partial charge is 0.313 e. The molecule has 6 atom stereocenters. The standard InChI is InChI=1S/C29H34ClN3O7/c1-18-17-31-22(35)12-5-4-11-21-23(28(38)39-18)24-26(36)33(14-6-7-16-34)25-27(37)32(15-8-13-29(24,25)40-21)20-10-3-2-9-19(20)30/h2-4,8-11,13,18,21,23-25,34H,5-7,12,14-17H2,1H3,(H,31,35)/b11-4-/t18-,21-,23+,24+,25-,29+/m1/s1. The molecule has 0 aromatic heterocycles. The van der Waals surface area contributed by atoms with Crippen molar-refractivity contribution in [3.63, 3.8) is 0 Å². The number of amides is 3. The van der Waals surface area contributed by atoms with Gasteiger partial charge in [-0.15, -0.1) is 0 Å². The summed E-state index contributed by atoms with van der Waals surface area (Å²) >= 11 is 6.48.